The highest BCUT2D eigenvalue weighted by atomic mass is 16.6. The second-order valence-corrected chi connectivity index (χ2v) is 10.2. The smallest absolute Gasteiger partial charge is 0.410 e. The fourth-order valence-corrected chi connectivity index (χ4v) is 6.51. The van der Waals surface area contributed by atoms with Crippen molar-refractivity contribution in [3.63, 3.8) is 0 Å². The molecule has 1 N–H and O–H groups in total. The van der Waals surface area contributed by atoms with E-state index in [1.165, 1.54) is 0 Å². The number of pyridine rings is 1. The van der Waals surface area contributed by atoms with Crippen molar-refractivity contribution in [2.45, 2.75) is 63.6 Å². The van der Waals surface area contributed by atoms with Crippen LogP contribution in [0.1, 0.15) is 50.6 Å². The highest BCUT2D eigenvalue weighted by Crippen LogP contribution is 2.50. The summed E-state index contributed by atoms with van der Waals surface area (Å²) in [7, 11) is 0. The summed E-state index contributed by atoms with van der Waals surface area (Å²) in [5.41, 5.74) is 1.01. The first-order valence-electron chi connectivity index (χ1n) is 12.1. The molecule has 4 aliphatic rings. The van der Waals surface area contributed by atoms with Crippen molar-refractivity contribution in [2.24, 2.45) is 11.3 Å². The number of carboxylic acid groups (broad SMARTS) is 1. The quantitative estimate of drug-likeness (QED) is 0.769. The van der Waals surface area contributed by atoms with Gasteiger partial charge in [-0.3, -0.25) is 4.98 Å². The van der Waals surface area contributed by atoms with E-state index in [4.69, 9.17) is 4.74 Å². The second kappa shape index (κ2) is 8.89. The molecule has 0 unspecified atom stereocenters. The van der Waals surface area contributed by atoms with Crippen molar-refractivity contribution in [1.29, 1.82) is 0 Å². The molecule has 2 amide bonds. The largest absolute Gasteiger partial charge is 0.465 e. The number of aromatic nitrogens is 1. The van der Waals surface area contributed by atoms with Crippen molar-refractivity contribution in [2.75, 3.05) is 32.7 Å². The average molecular weight is 443 g/mol. The Hall–Kier alpha value is -2.35. The molecule has 8 nitrogen and oxygen atoms in total. The van der Waals surface area contributed by atoms with E-state index in [0.29, 0.717) is 31.1 Å². The summed E-state index contributed by atoms with van der Waals surface area (Å²) < 4.78 is 5.57. The number of rotatable bonds is 4. The fraction of sp³-hybridized carbons (Fsp3) is 0.708. The maximum Gasteiger partial charge on any atom is 0.410 e. The van der Waals surface area contributed by atoms with Crippen LogP contribution in [-0.2, 0) is 11.3 Å². The van der Waals surface area contributed by atoms with Gasteiger partial charge in [-0.1, -0.05) is 6.07 Å². The van der Waals surface area contributed by atoms with Crippen LogP contribution < -0.4 is 0 Å². The molecule has 4 fully saturated rings. The lowest BCUT2D eigenvalue weighted by Gasteiger charge is -2.52. The third-order valence-corrected chi connectivity index (χ3v) is 8.28. The van der Waals surface area contributed by atoms with E-state index in [-0.39, 0.29) is 18.1 Å². The minimum Gasteiger partial charge on any atom is -0.465 e. The molecule has 5 rings (SSSR count). The van der Waals surface area contributed by atoms with Crippen LogP contribution in [0.2, 0.25) is 0 Å². The molecule has 8 heteroatoms. The van der Waals surface area contributed by atoms with Crippen molar-refractivity contribution < 1.29 is 19.4 Å². The lowest BCUT2D eigenvalue weighted by molar-refractivity contribution is -0.0155. The monoisotopic (exact) mass is 442 g/mol. The predicted molar refractivity (Wildman–Crippen MR) is 118 cm³/mol. The van der Waals surface area contributed by atoms with Gasteiger partial charge in [0.2, 0.25) is 0 Å². The zero-order chi connectivity index (χ0) is 22.1. The first-order valence-corrected chi connectivity index (χ1v) is 12.1. The minimum absolute atomic E-state index is 0.203. The molecule has 0 bridgehead atoms. The molecule has 3 saturated heterocycles. The Morgan fingerprint density at radius 1 is 1.12 bits per heavy atom. The Morgan fingerprint density at radius 3 is 2.62 bits per heavy atom. The number of nitrogens with zero attached hydrogens (tertiary/aromatic N) is 4. The van der Waals surface area contributed by atoms with Gasteiger partial charge in [-0.2, -0.15) is 0 Å². The van der Waals surface area contributed by atoms with Crippen LogP contribution in [0.5, 0.6) is 0 Å². The molecule has 4 heterocycles. The molecular weight excluding hydrogens is 408 g/mol. The van der Waals surface area contributed by atoms with Gasteiger partial charge in [-0.25, -0.2) is 9.59 Å². The van der Waals surface area contributed by atoms with Gasteiger partial charge < -0.3 is 24.5 Å². The predicted octanol–water partition coefficient (Wildman–Crippen LogP) is 3.43. The highest BCUT2D eigenvalue weighted by molar-refractivity contribution is 5.68. The number of carbonyl (C=O) groups is 2. The first-order chi connectivity index (χ1) is 15.5. The summed E-state index contributed by atoms with van der Waals surface area (Å²) in [6, 6.07) is 6.53. The Labute approximate surface area is 189 Å². The van der Waals surface area contributed by atoms with Gasteiger partial charge in [-0.05, 0) is 81.5 Å². The minimum atomic E-state index is -0.772. The molecule has 32 heavy (non-hydrogen) atoms. The van der Waals surface area contributed by atoms with E-state index in [9.17, 15) is 14.7 Å². The first kappa shape index (κ1) is 21.5. The van der Waals surface area contributed by atoms with Crippen molar-refractivity contribution in [3.8, 4) is 0 Å². The number of piperidine rings is 1. The summed E-state index contributed by atoms with van der Waals surface area (Å²) in [5, 5.41) is 9.24. The molecule has 1 aromatic heterocycles. The summed E-state index contributed by atoms with van der Waals surface area (Å²) in [4.78, 5) is 34.4. The molecule has 174 valence electrons. The van der Waals surface area contributed by atoms with Crippen LogP contribution in [0.4, 0.5) is 9.59 Å². The van der Waals surface area contributed by atoms with E-state index in [2.05, 4.69) is 9.88 Å². The molecule has 1 aromatic rings. The highest BCUT2D eigenvalue weighted by Gasteiger charge is 2.51. The van der Waals surface area contributed by atoms with Crippen LogP contribution in [-0.4, -0.2) is 81.8 Å². The Morgan fingerprint density at radius 2 is 1.94 bits per heavy atom. The number of likely N-dealkylation sites (tertiary alicyclic amines) is 3. The van der Waals surface area contributed by atoms with Crippen LogP contribution in [0.15, 0.2) is 24.4 Å². The van der Waals surface area contributed by atoms with Gasteiger partial charge in [0.05, 0.1) is 5.69 Å². The molecule has 3 aliphatic heterocycles. The molecule has 0 radical (unpaired) electrons. The van der Waals surface area contributed by atoms with Crippen molar-refractivity contribution in [1.82, 2.24) is 19.7 Å². The fourth-order valence-electron chi connectivity index (χ4n) is 6.51. The average Bonchev–Trinajstić information content (AvgIpc) is 3.45. The number of hydrogen-bond donors (Lipinski definition) is 1. The van der Waals surface area contributed by atoms with Gasteiger partial charge in [0.1, 0.15) is 6.61 Å². The van der Waals surface area contributed by atoms with Gasteiger partial charge >= 0.3 is 12.2 Å². The zero-order valence-electron chi connectivity index (χ0n) is 18.7. The summed E-state index contributed by atoms with van der Waals surface area (Å²) in [6.07, 6.45) is 8.40. The number of carbonyl (C=O) groups excluding carboxylic acids is 1. The van der Waals surface area contributed by atoms with Crippen molar-refractivity contribution >= 4 is 12.2 Å². The summed E-state index contributed by atoms with van der Waals surface area (Å²) in [5.74, 6) is 0.541. The second-order valence-electron chi connectivity index (χ2n) is 10.2. The van der Waals surface area contributed by atoms with E-state index < -0.39 is 6.09 Å². The van der Waals surface area contributed by atoms with Crippen molar-refractivity contribution in [3.05, 3.63) is 30.1 Å². The van der Waals surface area contributed by atoms with E-state index in [0.717, 1.165) is 70.3 Å². The molecule has 1 spiro atoms. The molecule has 1 atom stereocenters. The van der Waals surface area contributed by atoms with Gasteiger partial charge in [0, 0.05) is 37.9 Å². The van der Waals surface area contributed by atoms with Gasteiger partial charge in [-0.15, -0.1) is 0 Å². The Kier molecular flexibility index (Phi) is 5.97. The van der Waals surface area contributed by atoms with Crippen LogP contribution in [0.3, 0.4) is 0 Å². The van der Waals surface area contributed by atoms with E-state index in [1.807, 2.05) is 23.1 Å². The van der Waals surface area contributed by atoms with Gasteiger partial charge in [0.25, 0.3) is 0 Å². The topological polar surface area (TPSA) is 86.2 Å². The van der Waals surface area contributed by atoms with Crippen LogP contribution in [0.25, 0.3) is 0 Å². The zero-order valence-corrected chi connectivity index (χ0v) is 18.7. The maximum absolute atomic E-state index is 12.7. The third kappa shape index (κ3) is 4.29. The van der Waals surface area contributed by atoms with Gasteiger partial charge in [0.15, 0.2) is 0 Å². The summed E-state index contributed by atoms with van der Waals surface area (Å²) >= 11 is 0. The van der Waals surface area contributed by atoms with E-state index >= 15 is 0 Å². The molecular formula is C24H34N4O4. The molecule has 1 saturated carbocycles. The normalized spacial score (nSPS) is 31.1. The summed E-state index contributed by atoms with van der Waals surface area (Å²) in [6.45, 7) is 4.59. The standard InChI is InChI=1S/C24H34N4O4/c29-22(30)27-13-8-24(17-27)14-20(15-24)26-11-6-18(7-12-26)21-5-3-10-28(21)23(31)32-16-19-4-1-2-9-25-19/h1-2,4,9,18,20-21H,3,5-8,10-17H2,(H,29,30)/t20?,21-,24?/m0/s1. The Balaban J connectivity index is 1.08. The Bertz CT molecular complexity index is 821. The van der Waals surface area contributed by atoms with Crippen LogP contribution >= 0.6 is 0 Å². The molecule has 1 aliphatic carbocycles. The number of hydrogen-bond acceptors (Lipinski definition) is 5. The number of ether oxygens (including phenoxy) is 1. The lowest BCUT2D eigenvalue weighted by Crippen LogP contribution is -2.55. The third-order valence-electron chi connectivity index (χ3n) is 8.28. The lowest BCUT2D eigenvalue weighted by atomic mass is 9.64. The maximum atomic E-state index is 12.7. The van der Waals surface area contributed by atoms with E-state index in [1.54, 1.807) is 11.1 Å². The van der Waals surface area contributed by atoms with Crippen LogP contribution in [0, 0.1) is 11.3 Å². The number of amides is 2. The SMILES string of the molecule is O=C(O)N1CCC2(CC(N3CCC([C@@H]4CCCN4C(=O)OCc4ccccn4)CC3)C2)C1. The molecule has 0 aromatic carbocycles.